The molecular weight excluding hydrogens is 280 g/mol. The first kappa shape index (κ1) is 15.0. The Kier molecular flexibility index (Phi) is 4.68. The average Bonchev–Trinajstić information content (AvgIpc) is 2.53. The molecule has 0 unspecified atom stereocenters. The van der Waals surface area contributed by atoms with Gasteiger partial charge in [-0.3, -0.25) is 4.79 Å². The Balaban J connectivity index is 2.20. The van der Waals surface area contributed by atoms with E-state index in [2.05, 4.69) is 5.32 Å². The molecule has 1 amide bonds. The monoisotopic (exact) mass is 292 g/mol. The molecule has 108 valence electrons. The van der Waals surface area contributed by atoms with Gasteiger partial charge in [-0.2, -0.15) is 5.26 Å². The van der Waals surface area contributed by atoms with Gasteiger partial charge in [-0.25, -0.2) is 4.79 Å². The second-order valence-electron chi connectivity index (χ2n) is 4.42. The Morgan fingerprint density at radius 3 is 2.45 bits per heavy atom. The zero-order valence-electron chi connectivity index (χ0n) is 11.5. The summed E-state index contributed by atoms with van der Waals surface area (Å²) >= 11 is 0. The Morgan fingerprint density at radius 1 is 1.09 bits per heavy atom. The molecule has 0 saturated heterocycles. The van der Waals surface area contributed by atoms with Gasteiger partial charge in [0.15, 0.2) is 0 Å². The van der Waals surface area contributed by atoms with Crippen LogP contribution in [0.15, 0.2) is 60.2 Å². The summed E-state index contributed by atoms with van der Waals surface area (Å²) in [5.41, 5.74) is 1.04. The van der Waals surface area contributed by atoms with Gasteiger partial charge in [-0.1, -0.05) is 36.4 Å². The number of nitriles is 1. The third-order valence-electron chi connectivity index (χ3n) is 2.84. The molecule has 2 rings (SSSR count). The zero-order valence-corrected chi connectivity index (χ0v) is 11.5. The molecule has 2 aromatic carbocycles. The molecular formula is C17H12N2O3. The van der Waals surface area contributed by atoms with E-state index >= 15 is 0 Å². The minimum Gasteiger partial charge on any atom is -0.478 e. The lowest BCUT2D eigenvalue weighted by atomic mass is 10.1. The Bertz CT molecular complexity index is 774. The van der Waals surface area contributed by atoms with Gasteiger partial charge >= 0.3 is 5.97 Å². The van der Waals surface area contributed by atoms with Crippen molar-refractivity contribution in [3.8, 4) is 6.07 Å². The van der Waals surface area contributed by atoms with Crippen LogP contribution in [0.25, 0.3) is 6.08 Å². The SMILES string of the molecule is N#C/C(=C/c1ccccc1)C(=O)Nc1cccc(C(=O)O)c1. The number of carbonyl (C=O) groups is 2. The Labute approximate surface area is 127 Å². The molecule has 0 radical (unpaired) electrons. The van der Waals surface area contributed by atoms with Crippen molar-refractivity contribution in [1.82, 2.24) is 0 Å². The van der Waals surface area contributed by atoms with Crippen molar-refractivity contribution in [1.29, 1.82) is 5.26 Å². The van der Waals surface area contributed by atoms with Crippen LogP contribution in [0.4, 0.5) is 5.69 Å². The van der Waals surface area contributed by atoms with Gasteiger partial charge in [-0.05, 0) is 29.8 Å². The second-order valence-corrected chi connectivity index (χ2v) is 4.42. The number of anilines is 1. The fourth-order valence-electron chi connectivity index (χ4n) is 1.79. The predicted octanol–water partition coefficient (Wildman–Crippen LogP) is 2.93. The number of nitrogens with one attached hydrogen (secondary N) is 1. The average molecular weight is 292 g/mol. The summed E-state index contributed by atoms with van der Waals surface area (Å²) in [5, 5.41) is 20.5. The van der Waals surface area contributed by atoms with E-state index in [1.54, 1.807) is 30.3 Å². The maximum Gasteiger partial charge on any atom is 0.335 e. The minimum atomic E-state index is -1.09. The highest BCUT2D eigenvalue weighted by Gasteiger charge is 2.10. The normalized spacial score (nSPS) is 10.6. The topological polar surface area (TPSA) is 90.2 Å². The number of benzene rings is 2. The fourth-order valence-corrected chi connectivity index (χ4v) is 1.79. The first-order chi connectivity index (χ1) is 10.6. The molecule has 0 spiro atoms. The van der Waals surface area contributed by atoms with Gasteiger partial charge in [0.05, 0.1) is 5.56 Å². The van der Waals surface area contributed by atoms with Crippen LogP contribution in [0.1, 0.15) is 15.9 Å². The molecule has 0 aliphatic heterocycles. The van der Waals surface area contributed by atoms with Crippen LogP contribution in [0.3, 0.4) is 0 Å². The van der Waals surface area contributed by atoms with Crippen molar-refractivity contribution in [2.75, 3.05) is 5.32 Å². The van der Waals surface area contributed by atoms with Crippen molar-refractivity contribution < 1.29 is 14.7 Å². The van der Waals surface area contributed by atoms with E-state index < -0.39 is 11.9 Å². The third-order valence-corrected chi connectivity index (χ3v) is 2.84. The van der Waals surface area contributed by atoms with Crippen LogP contribution < -0.4 is 5.32 Å². The maximum atomic E-state index is 12.1. The predicted molar refractivity (Wildman–Crippen MR) is 82.1 cm³/mol. The molecule has 0 fully saturated rings. The minimum absolute atomic E-state index is 0.0587. The van der Waals surface area contributed by atoms with Crippen LogP contribution >= 0.6 is 0 Å². The van der Waals surface area contributed by atoms with E-state index in [0.29, 0.717) is 5.69 Å². The standard InChI is InChI=1S/C17H12N2O3/c18-11-14(9-12-5-2-1-3-6-12)16(20)19-15-8-4-7-13(10-15)17(21)22/h1-10H,(H,19,20)(H,21,22)/b14-9-. The summed E-state index contributed by atoms with van der Waals surface area (Å²) in [6.07, 6.45) is 1.47. The van der Waals surface area contributed by atoms with Gasteiger partial charge < -0.3 is 10.4 Å². The number of hydrogen-bond acceptors (Lipinski definition) is 3. The maximum absolute atomic E-state index is 12.1. The van der Waals surface area contributed by atoms with Gasteiger partial charge in [0, 0.05) is 5.69 Å². The summed E-state index contributed by atoms with van der Waals surface area (Å²) in [5.74, 6) is -1.68. The molecule has 0 aromatic heterocycles. The smallest absolute Gasteiger partial charge is 0.335 e. The molecule has 5 nitrogen and oxygen atoms in total. The van der Waals surface area contributed by atoms with Crippen molar-refractivity contribution >= 4 is 23.6 Å². The quantitative estimate of drug-likeness (QED) is 0.669. The summed E-state index contributed by atoms with van der Waals surface area (Å²) in [4.78, 5) is 23.0. The van der Waals surface area contributed by atoms with Crippen LogP contribution in [0.5, 0.6) is 0 Å². The van der Waals surface area contributed by atoms with E-state index in [1.165, 1.54) is 24.3 Å². The molecule has 0 bridgehead atoms. The number of hydrogen-bond donors (Lipinski definition) is 2. The summed E-state index contributed by atoms with van der Waals surface area (Å²) in [6.45, 7) is 0. The third kappa shape index (κ3) is 3.81. The molecule has 5 heteroatoms. The number of rotatable bonds is 4. The molecule has 0 aliphatic rings. The lowest BCUT2D eigenvalue weighted by molar-refractivity contribution is -0.112. The highest BCUT2D eigenvalue weighted by atomic mass is 16.4. The van der Waals surface area contributed by atoms with Gasteiger partial charge in [0.25, 0.3) is 5.91 Å². The Morgan fingerprint density at radius 2 is 1.82 bits per heavy atom. The lowest BCUT2D eigenvalue weighted by Gasteiger charge is -2.05. The van der Waals surface area contributed by atoms with E-state index in [4.69, 9.17) is 10.4 Å². The van der Waals surface area contributed by atoms with E-state index in [1.807, 2.05) is 12.1 Å². The molecule has 2 aromatic rings. The first-order valence-electron chi connectivity index (χ1n) is 6.41. The van der Waals surface area contributed by atoms with Crippen LogP contribution in [-0.2, 0) is 4.79 Å². The molecule has 0 aliphatic carbocycles. The highest BCUT2D eigenvalue weighted by molar-refractivity contribution is 6.10. The summed E-state index contributed by atoms with van der Waals surface area (Å²) in [6, 6.07) is 16.7. The van der Waals surface area contributed by atoms with E-state index in [-0.39, 0.29) is 11.1 Å². The summed E-state index contributed by atoms with van der Waals surface area (Å²) < 4.78 is 0. The van der Waals surface area contributed by atoms with E-state index in [9.17, 15) is 9.59 Å². The molecule has 0 heterocycles. The van der Waals surface area contributed by atoms with Crippen molar-refractivity contribution in [3.63, 3.8) is 0 Å². The van der Waals surface area contributed by atoms with Gasteiger partial charge in [0.2, 0.25) is 0 Å². The number of amides is 1. The van der Waals surface area contributed by atoms with Crippen molar-refractivity contribution in [2.24, 2.45) is 0 Å². The largest absolute Gasteiger partial charge is 0.478 e. The number of nitrogens with zero attached hydrogens (tertiary/aromatic N) is 1. The van der Waals surface area contributed by atoms with Crippen molar-refractivity contribution in [2.45, 2.75) is 0 Å². The number of carboxylic acid groups (broad SMARTS) is 1. The number of carbonyl (C=O) groups excluding carboxylic acids is 1. The molecule has 2 N–H and O–H groups in total. The molecule has 0 atom stereocenters. The van der Waals surface area contributed by atoms with Crippen molar-refractivity contribution in [3.05, 3.63) is 71.3 Å². The molecule has 22 heavy (non-hydrogen) atoms. The number of aromatic carboxylic acids is 1. The highest BCUT2D eigenvalue weighted by Crippen LogP contribution is 2.13. The van der Waals surface area contributed by atoms with E-state index in [0.717, 1.165) is 5.56 Å². The van der Waals surface area contributed by atoms with Crippen LogP contribution in [0, 0.1) is 11.3 Å². The fraction of sp³-hybridized carbons (Fsp3) is 0. The summed E-state index contributed by atoms with van der Waals surface area (Å²) in [7, 11) is 0. The lowest BCUT2D eigenvalue weighted by Crippen LogP contribution is -2.13. The van der Waals surface area contributed by atoms with Gasteiger partial charge in [-0.15, -0.1) is 0 Å². The van der Waals surface area contributed by atoms with Crippen LogP contribution in [-0.4, -0.2) is 17.0 Å². The first-order valence-corrected chi connectivity index (χ1v) is 6.41. The second kappa shape index (κ2) is 6.86. The molecule has 0 saturated carbocycles. The Hall–Kier alpha value is -3.39. The van der Waals surface area contributed by atoms with Crippen LogP contribution in [0.2, 0.25) is 0 Å². The zero-order chi connectivity index (χ0) is 15.9. The van der Waals surface area contributed by atoms with Gasteiger partial charge in [0.1, 0.15) is 11.6 Å². The number of carboxylic acids is 1.